The number of nitrogens with two attached hydrogens (primary N) is 1. The molecule has 3 heterocycles. The molecule has 0 aromatic carbocycles. The Labute approximate surface area is 120 Å². The van der Waals surface area contributed by atoms with Crippen molar-refractivity contribution in [3.8, 4) is 0 Å². The molecule has 2 N–H and O–H groups in total. The van der Waals surface area contributed by atoms with Gasteiger partial charge in [0.2, 0.25) is 0 Å². The van der Waals surface area contributed by atoms with Gasteiger partial charge in [0, 0.05) is 19.3 Å². The molecule has 21 heavy (non-hydrogen) atoms. The van der Waals surface area contributed by atoms with E-state index in [2.05, 4.69) is 10.1 Å². The number of carbonyl (C=O) groups is 2. The van der Waals surface area contributed by atoms with E-state index in [1.54, 1.807) is 17.2 Å². The van der Waals surface area contributed by atoms with Crippen molar-refractivity contribution in [1.82, 2.24) is 19.5 Å². The third-order valence-electron chi connectivity index (χ3n) is 3.38. The maximum atomic E-state index is 12.5. The maximum absolute atomic E-state index is 12.5. The average Bonchev–Trinajstić information content (AvgIpc) is 2.89. The monoisotopic (exact) mass is 289 g/mol. The molecule has 1 aliphatic rings. The number of hydrogen-bond donors (Lipinski definition) is 1. The van der Waals surface area contributed by atoms with Crippen molar-refractivity contribution in [2.24, 2.45) is 5.73 Å². The van der Waals surface area contributed by atoms with E-state index in [0.717, 1.165) is 0 Å². The third-order valence-corrected chi connectivity index (χ3v) is 3.38. The number of amides is 2. The van der Waals surface area contributed by atoms with E-state index in [0.29, 0.717) is 19.7 Å². The SMILES string of the molecule is C[C@@H]1CN(C(=O)c2ccn3ncc(C(N)=O)c3n2)CCO1. The van der Waals surface area contributed by atoms with Gasteiger partial charge in [-0.15, -0.1) is 0 Å². The molecule has 2 amide bonds. The summed E-state index contributed by atoms with van der Waals surface area (Å²) in [6.45, 7) is 3.47. The van der Waals surface area contributed by atoms with Gasteiger partial charge in [-0.1, -0.05) is 0 Å². The Hall–Kier alpha value is -2.48. The first-order valence-corrected chi connectivity index (χ1v) is 6.61. The number of ether oxygens (including phenoxy) is 1. The highest BCUT2D eigenvalue weighted by molar-refractivity contribution is 5.99. The van der Waals surface area contributed by atoms with Crippen LogP contribution >= 0.6 is 0 Å². The first-order valence-electron chi connectivity index (χ1n) is 6.61. The van der Waals surface area contributed by atoms with E-state index in [1.807, 2.05) is 6.92 Å². The molecule has 0 aliphatic carbocycles. The zero-order chi connectivity index (χ0) is 15.0. The molecular weight excluding hydrogens is 274 g/mol. The van der Waals surface area contributed by atoms with Gasteiger partial charge in [0.15, 0.2) is 5.65 Å². The molecule has 1 saturated heterocycles. The molecule has 3 rings (SSSR count). The van der Waals surface area contributed by atoms with Gasteiger partial charge in [-0.2, -0.15) is 5.10 Å². The molecule has 8 nitrogen and oxygen atoms in total. The second-order valence-corrected chi connectivity index (χ2v) is 4.94. The van der Waals surface area contributed by atoms with E-state index in [1.165, 1.54) is 10.7 Å². The molecule has 8 heteroatoms. The van der Waals surface area contributed by atoms with Gasteiger partial charge in [0.05, 0.1) is 18.9 Å². The van der Waals surface area contributed by atoms with Crippen LogP contribution in [0.2, 0.25) is 0 Å². The minimum Gasteiger partial charge on any atom is -0.375 e. The van der Waals surface area contributed by atoms with Crippen molar-refractivity contribution in [2.75, 3.05) is 19.7 Å². The van der Waals surface area contributed by atoms with Gasteiger partial charge in [-0.05, 0) is 13.0 Å². The normalized spacial score (nSPS) is 18.9. The molecule has 2 aromatic heterocycles. The van der Waals surface area contributed by atoms with Gasteiger partial charge in [-0.25, -0.2) is 9.50 Å². The average molecular weight is 289 g/mol. The van der Waals surface area contributed by atoms with Crippen LogP contribution in [0, 0.1) is 0 Å². The quantitative estimate of drug-likeness (QED) is 0.816. The van der Waals surface area contributed by atoms with Crippen molar-refractivity contribution in [1.29, 1.82) is 0 Å². The number of aromatic nitrogens is 3. The van der Waals surface area contributed by atoms with Crippen LogP contribution in [0.4, 0.5) is 0 Å². The number of morpholine rings is 1. The molecule has 2 aromatic rings. The number of primary amides is 1. The van der Waals surface area contributed by atoms with Crippen LogP contribution in [-0.4, -0.2) is 57.1 Å². The fourth-order valence-corrected chi connectivity index (χ4v) is 2.33. The van der Waals surface area contributed by atoms with Crippen LogP contribution in [-0.2, 0) is 4.74 Å². The number of hydrogen-bond acceptors (Lipinski definition) is 5. The molecule has 0 radical (unpaired) electrons. The lowest BCUT2D eigenvalue weighted by Crippen LogP contribution is -2.44. The summed E-state index contributed by atoms with van der Waals surface area (Å²) in [5, 5.41) is 3.97. The standard InChI is InChI=1S/C13H15N5O3/c1-8-7-17(4-5-21-8)13(20)10-2-3-18-12(16-10)9(6-15-18)11(14)19/h2-3,6,8H,4-5,7H2,1H3,(H2,14,19)/t8-/m1/s1. The van der Waals surface area contributed by atoms with Gasteiger partial charge < -0.3 is 15.4 Å². The second-order valence-electron chi connectivity index (χ2n) is 4.94. The maximum Gasteiger partial charge on any atom is 0.272 e. The van der Waals surface area contributed by atoms with Crippen LogP contribution in [0.1, 0.15) is 27.8 Å². The Morgan fingerprint density at radius 3 is 3.00 bits per heavy atom. The van der Waals surface area contributed by atoms with Gasteiger partial charge >= 0.3 is 0 Å². The van der Waals surface area contributed by atoms with Gasteiger partial charge in [0.1, 0.15) is 11.3 Å². The third kappa shape index (κ3) is 2.45. The van der Waals surface area contributed by atoms with E-state index in [-0.39, 0.29) is 28.9 Å². The summed E-state index contributed by atoms with van der Waals surface area (Å²) in [5.74, 6) is -0.814. The lowest BCUT2D eigenvalue weighted by atomic mass is 10.2. The molecule has 1 fully saturated rings. The Bertz CT molecular complexity index is 711. The van der Waals surface area contributed by atoms with Gasteiger partial charge in [0.25, 0.3) is 11.8 Å². The topological polar surface area (TPSA) is 103 Å². The molecule has 0 bridgehead atoms. The smallest absolute Gasteiger partial charge is 0.272 e. The van der Waals surface area contributed by atoms with E-state index in [4.69, 9.17) is 10.5 Å². The largest absolute Gasteiger partial charge is 0.375 e. The van der Waals surface area contributed by atoms with Crippen LogP contribution in [0.15, 0.2) is 18.5 Å². The van der Waals surface area contributed by atoms with Crippen LogP contribution in [0.5, 0.6) is 0 Å². The Kier molecular flexibility index (Phi) is 3.30. The summed E-state index contributed by atoms with van der Waals surface area (Å²) in [6, 6.07) is 1.58. The number of carbonyl (C=O) groups excluding carboxylic acids is 2. The Balaban J connectivity index is 1.94. The summed E-state index contributed by atoms with van der Waals surface area (Å²) < 4.78 is 6.83. The van der Waals surface area contributed by atoms with Crippen molar-refractivity contribution in [3.05, 3.63) is 29.7 Å². The summed E-state index contributed by atoms with van der Waals surface area (Å²) in [4.78, 5) is 29.7. The second kappa shape index (κ2) is 5.13. The molecule has 1 aliphatic heterocycles. The van der Waals surface area contributed by atoms with Crippen molar-refractivity contribution >= 4 is 17.5 Å². The predicted molar refractivity (Wildman–Crippen MR) is 72.8 cm³/mol. The predicted octanol–water partition coefficient (Wildman–Crippen LogP) is -0.311. The fraction of sp³-hybridized carbons (Fsp3) is 0.385. The molecule has 0 unspecified atom stereocenters. The zero-order valence-electron chi connectivity index (χ0n) is 11.5. The molecule has 1 atom stereocenters. The molecular formula is C13H15N5O3. The lowest BCUT2D eigenvalue weighted by molar-refractivity contribution is -0.0126. The molecule has 0 spiro atoms. The first-order chi connectivity index (χ1) is 10.1. The zero-order valence-corrected chi connectivity index (χ0v) is 11.5. The summed E-state index contributed by atoms with van der Waals surface area (Å²) in [6.07, 6.45) is 2.93. The minimum atomic E-state index is -0.623. The Morgan fingerprint density at radius 2 is 2.29 bits per heavy atom. The number of fused-ring (bicyclic) bond motifs is 1. The number of rotatable bonds is 2. The van der Waals surface area contributed by atoms with Crippen molar-refractivity contribution < 1.29 is 14.3 Å². The van der Waals surface area contributed by atoms with Crippen LogP contribution in [0.3, 0.4) is 0 Å². The van der Waals surface area contributed by atoms with E-state index in [9.17, 15) is 9.59 Å². The Morgan fingerprint density at radius 1 is 1.48 bits per heavy atom. The fourth-order valence-electron chi connectivity index (χ4n) is 2.33. The number of nitrogens with zero attached hydrogens (tertiary/aromatic N) is 4. The van der Waals surface area contributed by atoms with E-state index < -0.39 is 5.91 Å². The highest BCUT2D eigenvalue weighted by atomic mass is 16.5. The lowest BCUT2D eigenvalue weighted by Gasteiger charge is -2.30. The summed E-state index contributed by atoms with van der Waals surface area (Å²) >= 11 is 0. The minimum absolute atomic E-state index is 0.00239. The van der Waals surface area contributed by atoms with Crippen LogP contribution in [0.25, 0.3) is 5.65 Å². The van der Waals surface area contributed by atoms with Gasteiger partial charge in [-0.3, -0.25) is 9.59 Å². The van der Waals surface area contributed by atoms with Crippen molar-refractivity contribution in [2.45, 2.75) is 13.0 Å². The van der Waals surface area contributed by atoms with Crippen LogP contribution < -0.4 is 5.73 Å². The first kappa shape index (κ1) is 13.5. The van der Waals surface area contributed by atoms with E-state index >= 15 is 0 Å². The summed E-state index contributed by atoms with van der Waals surface area (Å²) in [5.41, 5.74) is 6.01. The molecule has 110 valence electrons. The highest BCUT2D eigenvalue weighted by Gasteiger charge is 2.24. The summed E-state index contributed by atoms with van der Waals surface area (Å²) in [7, 11) is 0. The van der Waals surface area contributed by atoms with Crippen molar-refractivity contribution in [3.63, 3.8) is 0 Å². The molecule has 0 saturated carbocycles. The highest BCUT2D eigenvalue weighted by Crippen LogP contribution is 2.12.